The van der Waals surface area contributed by atoms with Gasteiger partial charge in [-0.1, -0.05) is 75.4 Å². The quantitative estimate of drug-likeness (QED) is 0.568. The summed E-state index contributed by atoms with van der Waals surface area (Å²) in [6, 6.07) is 22.0. The molecule has 0 radical (unpaired) electrons. The molecule has 150 valence electrons. The van der Waals surface area contributed by atoms with Gasteiger partial charge in [0.15, 0.2) is 0 Å². The van der Waals surface area contributed by atoms with E-state index in [-0.39, 0.29) is 11.8 Å². The standard InChI is InChI=1S/C25H27NO3/c1-25(2,3)21-8-5-4-7-20(21)22-9-6-10-23(26-22)29-17-19-13-11-18(12-14-19)15-16-24(27)28/h4-14H,15-17H2,1-3H3,(H,27,28). The lowest BCUT2D eigenvalue weighted by Gasteiger charge is -2.22. The first-order valence-electron chi connectivity index (χ1n) is 9.82. The average Bonchev–Trinajstić information content (AvgIpc) is 2.71. The van der Waals surface area contributed by atoms with Gasteiger partial charge in [-0.25, -0.2) is 4.98 Å². The van der Waals surface area contributed by atoms with E-state index < -0.39 is 5.97 Å². The summed E-state index contributed by atoms with van der Waals surface area (Å²) in [5, 5.41) is 8.78. The fourth-order valence-electron chi connectivity index (χ4n) is 3.22. The van der Waals surface area contributed by atoms with Gasteiger partial charge in [-0.15, -0.1) is 0 Å². The van der Waals surface area contributed by atoms with Crippen LogP contribution >= 0.6 is 0 Å². The molecular weight excluding hydrogens is 362 g/mol. The minimum Gasteiger partial charge on any atom is -0.481 e. The highest BCUT2D eigenvalue weighted by Crippen LogP contribution is 2.32. The Morgan fingerprint density at radius 1 is 0.931 bits per heavy atom. The molecule has 0 unspecified atom stereocenters. The van der Waals surface area contributed by atoms with E-state index in [2.05, 4.69) is 39.0 Å². The third kappa shape index (κ3) is 5.67. The number of hydrogen-bond donors (Lipinski definition) is 1. The molecule has 0 aliphatic heterocycles. The third-order valence-corrected chi connectivity index (χ3v) is 4.77. The first-order valence-corrected chi connectivity index (χ1v) is 9.82. The van der Waals surface area contributed by atoms with E-state index in [0.29, 0.717) is 18.9 Å². The van der Waals surface area contributed by atoms with Crippen molar-refractivity contribution in [1.82, 2.24) is 4.98 Å². The van der Waals surface area contributed by atoms with E-state index in [9.17, 15) is 4.79 Å². The van der Waals surface area contributed by atoms with Crippen LogP contribution in [0.2, 0.25) is 0 Å². The molecule has 0 spiro atoms. The van der Waals surface area contributed by atoms with Crippen LogP contribution in [0.1, 0.15) is 43.9 Å². The average molecular weight is 389 g/mol. The van der Waals surface area contributed by atoms with Crippen molar-refractivity contribution >= 4 is 5.97 Å². The molecule has 0 saturated carbocycles. The minimum absolute atomic E-state index is 0.0253. The van der Waals surface area contributed by atoms with Crippen molar-refractivity contribution in [2.75, 3.05) is 0 Å². The molecule has 3 aromatic rings. The van der Waals surface area contributed by atoms with E-state index in [1.54, 1.807) is 0 Å². The Balaban J connectivity index is 1.71. The van der Waals surface area contributed by atoms with Crippen LogP contribution in [-0.4, -0.2) is 16.1 Å². The summed E-state index contributed by atoms with van der Waals surface area (Å²) in [6.45, 7) is 7.02. The van der Waals surface area contributed by atoms with Gasteiger partial charge >= 0.3 is 5.97 Å². The SMILES string of the molecule is CC(C)(C)c1ccccc1-c1cccc(OCc2ccc(CCC(=O)O)cc2)n1. The zero-order valence-corrected chi connectivity index (χ0v) is 17.2. The highest BCUT2D eigenvalue weighted by atomic mass is 16.5. The van der Waals surface area contributed by atoms with Crippen molar-refractivity contribution < 1.29 is 14.6 Å². The summed E-state index contributed by atoms with van der Waals surface area (Å²) < 4.78 is 5.91. The summed E-state index contributed by atoms with van der Waals surface area (Å²) in [5.41, 5.74) is 5.32. The predicted octanol–water partition coefficient (Wildman–Crippen LogP) is 5.64. The van der Waals surface area contributed by atoms with Crippen LogP contribution in [0.5, 0.6) is 5.88 Å². The van der Waals surface area contributed by atoms with Crippen LogP contribution in [0, 0.1) is 0 Å². The first kappa shape index (κ1) is 20.6. The predicted molar refractivity (Wildman–Crippen MR) is 115 cm³/mol. The van der Waals surface area contributed by atoms with Crippen LogP contribution in [0.15, 0.2) is 66.7 Å². The van der Waals surface area contributed by atoms with E-state index >= 15 is 0 Å². The van der Waals surface area contributed by atoms with Crippen molar-refractivity contribution in [3.8, 4) is 17.1 Å². The number of rotatable bonds is 7. The van der Waals surface area contributed by atoms with Gasteiger partial charge in [0.05, 0.1) is 5.69 Å². The maximum absolute atomic E-state index is 10.7. The van der Waals surface area contributed by atoms with Crippen molar-refractivity contribution in [1.29, 1.82) is 0 Å². The van der Waals surface area contributed by atoms with Crippen LogP contribution in [-0.2, 0) is 23.2 Å². The molecule has 1 N–H and O–H groups in total. The lowest BCUT2D eigenvalue weighted by molar-refractivity contribution is -0.136. The molecule has 0 amide bonds. The number of benzene rings is 2. The largest absolute Gasteiger partial charge is 0.481 e. The molecule has 0 atom stereocenters. The number of carboxylic acids is 1. The lowest BCUT2D eigenvalue weighted by atomic mass is 9.83. The second kappa shape index (κ2) is 8.91. The number of hydrogen-bond acceptors (Lipinski definition) is 3. The summed E-state index contributed by atoms with van der Waals surface area (Å²) in [6.07, 6.45) is 0.676. The molecule has 0 bridgehead atoms. The topological polar surface area (TPSA) is 59.4 Å². The maximum Gasteiger partial charge on any atom is 0.303 e. The van der Waals surface area contributed by atoms with Crippen LogP contribution in [0.25, 0.3) is 11.3 Å². The number of pyridine rings is 1. The van der Waals surface area contributed by atoms with Crippen molar-refractivity contribution in [2.24, 2.45) is 0 Å². The van der Waals surface area contributed by atoms with Crippen LogP contribution in [0.3, 0.4) is 0 Å². The Labute approximate surface area is 172 Å². The molecule has 29 heavy (non-hydrogen) atoms. The van der Waals surface area contributed by atoms with Crippen molar-refractivity contribution in [2.45, 2.75) is 45.6 Å². The van der Waals surface area contributed by atoms with Gasteiger partial charge in [-0.05, 0) is 34.6 Å². The molecule has 4 nitrogen and oxygen atoms in total. The first-order chi connectivity index (χ1) is 13.8. The van der Waals surface area contributed by atoms with E-state index in [1.807, 2.05) is 48.5 Å². The monoisotopic (exact) mass is 389 g/mol. The number of nitrogens with zero attached hydrogens (tertiary/aromatic N) is 1. The molecule has 0 aliphatic rings. The van der Waals surface area contributed by atoms with E-state index in [1.165, 1.54) is 5.56 Å². The maximum atomic E-state index is 10.7. The van der Waals surface area contributed by atoms with Gasteiger partial charge < -0.3 is 9.84 Å². The molecule has 2 aromatic carbocycles. The lowest BCUT2D eigenvalue weighted by Crippen LogP contribution is -2.12. The van der Waals surface area contributed by atoms with E-state index in [4.69, 9.17) is 14.8 Å². The minimum atomic E-state index is -0.781. The molecule has 4 heteroatoms. The number of ether oxygens (including phenoxy) is 1. The number of carbonyl (C=O) groups is 1. The molecule has 3 rings (SSSR count). The van der Waals surface area contributed by atoms with Crippen LogP contribution < -0.4 is 4.74 Å². The van der Waals surface area contributed by atoms with Gasteiger partial charge in [-0.3, -0.25) is 4.79 Å². The highest BCUT2D eigenvalue weighted by molar-refractivity contribution is 5.67. The second-order valence-corrected chi connectivity index (χ2v) is 8.16. The van der Waals surface area contributed by atoms with Gasteiger partial charge in [-0.2, -0.15) is 0 Å². The zero-order chi connectivity index (χ0) is 20.9. The number of aryl methyl sites for hydroxylation is 1. The summed E-state index contributed by atoms with van der Waals surface area (Å²) >= 11 is 0. The van der Waals surface area contributed by atoms with Crippen molar-refractivity contribution in [3.05, 3.63) is 83.4 Å². The summed E-state index contributed by atoms with van der Waals surface area (Å²) in [4.78, 5) is 15.4. The molecular formula is C25H27NO3. The summed E-state index contributed by atoms with van der Waals surface area (Å²) in [7, 11) is 0. The second-order valence-electron chi connectivity index (χ2n) is 8.16. The van der Waals surface area contributed by atoms with E-state index in [0.717, 1.165) is 22.4 Å². The van der Waals surface area contributed by atoms with Gasteiger partial charge in [0.25, 0.3) is 0 Å². The van der Waals surface area contributed by atoms with Gasteiger partial charge in [0.1, 0.15) is 6.61 Å². The zero-order valence-electron chi connectivity index (χ0n) is 17.2. The normalized spacial score (nSPS) is 11.3. The molecule has 0 fully saturated rings. The Morgan fingerprint density at radius 2 is 1.62 bits per heavy atom. The Bertz CT molecular complexity index is 972. The molecule has 1 heterocycles. The summed E-state index contributed by atoms with van der Waals surface area (Å²) in [5.74, 6) is -0.197. The number of carboxylic acid groups (broad SMARTS) is 1. The fraction of sp³-hybridized carbons (Fsp3) is 0.280. The third-order valence-electron chi connectivity index (χ3n) is 4.77. The molecule has 0 aliphatic carbocycles. The van der Waals surface area contributed by atoms with Crippen LogP contribution in [0.4, 0.5) is 0 Å². The smallest absolute Gasteiger partial charge is 0.303 e. The highest BCUT2D eigenvalue weighted by Gasteiger charge is 2.19. The Kier molecular flexibility index (Phi) is 6.32. The molecule has 0 saturated heterocycles. The number of aromatic nitrogens is 1. The number of aliphatic carboxylic acids is 1. The Morgan fingerprint density at radius 3 is 2.31 bits per heavy atom. The fourth-order valence-corrected chi connectivity index (χ4v) is 3.22. The van der Waals surface area contributed by atoms with Gasteiger partial charge in [0.2, 0.25) is 5.88 Å². The van der Waals surface area contributed by atoms with Crippen molar-refractivity contribution in [3.63, 3.8) is 0 Å². The Hall–Kier alpha value is -3.14. The molecule has 1 aromatic heterocycles. The van der Waals surface area contributed by atoms with Gasteiger partial charge in [0, 0.05) is 18.1 Å².